The van der Waals surface area contributed by atoms with Crippen molar-refractivity contribution in [2.24, 2.45) is 0 Å². The van der Waals surface area contributed by atoms with Gasteiger partial charge in [-0.25, -0.2) is 9.97 Å². The zero-order chi connectivity index (χ0) is 24.7. The Balaban J connectivity index is 0.000000148. The van der Waals surface area contributed by atoms with Crippen molar-refractivity contribution in [1.29, 1.82) is 0 Å². The van der Waals surface area contributed by atoms with Crippen LogP contribution >= 0.6 is 23.2 Å². The lowest BCUT2D eigenvalue weighted by molar-refractivity contribution is 0.469. The summed E-state index contributed by atoms with van der Waals surface area (Å²) in [5, 5.41) is 4.97. The van der Waals surface area contributed by atoms with Crippen molar-refractivity contribution < 1.29 is 9.47 Å². The lowest BCUT2D eigenvalue weighted by atomic mass is 10.2. The highest BCUT2D eigenvalue weighted by Crippen LogP contribution is 2.32. The SMILES string of the molecule is Clc1cnc(Oc2ccccc2)c2ccccc12.Clc1cnc(Oc2ccccc2)c2ccccc12. The first-order valence-corrected chi connectivity index (χ1v) is 12.0. The first-order chi connectivity index (χ1) is 17.7. The quantitative estimate of drug-likeness (QED) is 0.237. The summed E-state index contributed by atoms with van der Waals surface area (Å²) in [5.41, 5.74) is 0. The number of ether oxygens (including phenoxy) is 2. The smallest absolute Gasteiger partial charge is 0.227 e. The Morgan fingerprint density at radius 2 is 0.750 bits per heavy atom. The molecule has 176 valence electrons. The molecule has 6 aromatic rings. The third-order valence-corrected chi connectivity index (χ3v) is 5.94. The van der Waals surface area contributed by atoms with Crippen LogP contribution in [0.15, 0.2) is 122 Å². The zero-order valence-electron chi connectivity index (χ0n) is 19.0. The monoisotopic (exact) mass is 510 g/mol. The fourth-order valence-electron chi connectivity index (χ4n) is 3.63. The summed E-state index contributed by atoms with van der Waals surface area (Å²) in [6.45, 7) is 0. The number of para-hydroxylation sites is 2. The number of fused-ring (bicyclic) bond motifs is 2. The van der Waals surface area contributed by atoms with Gasteiger partial charge in [0.15, 0.2) is 0 Å². The summed E-state index contributed by atoms with van der Waals surface area (Å²) in [6.07, 6.45) is 3.23. The van der Waals surface area contributed by atoms with Gasteiger partial charge in [-0.2, -0.15) is 0 Å². The summed E-state index contributed by atoms with van der Waals surface area (Å²) in [7, 11) is 0. The van der Waals surface area contributed by atoms with Gasteiger partial charge in [0, 0.05) is 21.5 Å². The van der Waals surface area contributed by atoms with E-state index in [1.807, 2.05) is 109 Å². The molecule has 0 spiro atoms. The van der Waals surface area contributed by atoms with Gasteiger partial charge in [-0.1, -0.05) is 96.0 Å². The molecule has 0 saturated heterocycles. The van der Waals surface area contributed by atoms with Crippen molar-refractivity contribution in [3.8, 4) is 23.3 Å². The molecule has 0 atom stereocenters. The van der Waals surface area contributed by atoms with E-state index in [1.54, 1.807) is 12.4 Å². The van der Waals surface area contributed by atoms with E-state index < -0.39 is 0 Å². The van der Waals surface area contributed by atoms with Crippen molar-refractivity contribution in [3.63, 3.8) is 0 Å². The van der Waals surface area contributed by atoms with E-state index in [9.17, 15) is 0 Å². The zero-order valence-corrected chi connectivity index (χ0v) is 20.5. The van der Waals surface area contributed by atoms with E-state index in [1.165, 1.54) is 0 Å². The third-order valence-electron chi connectivity index (χ3n) is 5.34. The van der Waals surface area contributed by atoms with Gasteiger partial charge < -0.3 is 9.47 Å². The van der Waals surface area contributed by atoms with Crippen molar-refractivity contribution in [3.05, 3.63) is 132 Å². The highest BCUT2D eigenvalue weighted by Gasteiger charge is 2.08. The van der Waals surface area contributed by atoms with Crippen LogP contribution in [-0.4, -0.2) is 9.97 Å². The molecule has 0 aliphatic rings. The summed E-state index contributed by atoms with van der Waals surface area (Å²) in [5.74, 6) is 2.66. The van der Waals surface area contributed by atoms with Gasteiger partial charge >= 0.3 is 0 Å². The molecule has 2 aromatic heterocycles. The van der Waals surface area contributed by atoms with Crippen molar-refractivity contribution >= 4 is 44.7 Å². The average Bonchev–Trinajstić information content (AvgIpc) is 2.94. The fraction of sp³-hybridized carbons (Fsp3) is 0. The van der Waals surface area contributed by atoms with E-state index >= 15 is 0 Å². The largest absolute Gasteiger partial charge is 0.438 e. The Bertz CT molecular complexity index is 1490. The van der Waals surface area contributed by atoms with Crippen LogP contribution in [0, 0.1) is 0 Å². The molecule has 0 unspecified atom stereocenters. The summed E-state index contributed by atoms with van der Waals surface area (Å²) in [6, 6.07) is 34.7. The Labute approximate surface area is 218 Å². The molecule has 0 radical (unpaired) electrons. The number of rotatable bonds is 4. The van der Waals surface area contributed by atoms with Crippen LogP contribution in [0.5, 0.6) is 23.3 Å². The topological polar surface area (TPSA) is 44.2 Å². The predicted octanol–water partition coefficient (Wildman–Crippen LogP) is 9.36. The second kappa shape index (κ2) is 11.1. The number of nitrogens with zero attached hydrogens (tertiary/aromatic N) is 2. The lowest BCUT2D eigenvalue weighted by Crippen LogP contribution is -1.89. The van der Waals surface area contributed by atoms with E-state index in [-0.39, 0.29) is 0 Å². The van der Waals surface area contributed by atoms with Crippen LogP contribution in [0.25, 0.3) is 21.5 Å². The van der Waals surface area contributed by atoms with E-state index in [4.69, 9.17) is 32.7 Å². The minimum Gasteiger partial charge on any atom is -0.438 e. The maximum atomic E-state index is 6.11. The van der Waals surface area contributed by atoms with Gasteiger partial charge in [-0.05, 0) is 36.4 Å². The molecule has 4 nitrogen and oxygen atoms in total. The van der Waals surface area contributed by atoms with Gasteiger partial charge in [0.1, 0.15) is 11.5 Å². The second-order valence-corrected chi connectivity index (χ2v) is 8.56. The number of hydrogen-bond acceptors (Lipinski definition) is 4. The molecule has 0 N–H and O–H groups in total. The predicted molar refractivity (Wildman–Crippen MR) is 147 cm³/mol. The van der Waals surface area contributed by atoms with Crippen molar-refractivity contribution in [2.45, 2.75) is 0 Å². The van der Waals surface area contributed by atoms with Crippen LogP contribution in [0.4, 0.5) is 0 Å². The van der Waals surface area contributed by atoms with Gasteiger partial charge in [0.05, 0.1) is 22.4 Å². The minimum atomic E-state index is 0.571. The highest BCUT2D eigenvalue weighted by molar-refractivity contribution is 6.36. The third kappa shape index (κ3) is 5.41. The number of halogens is 2. The standard InChI is InChI=1S/2C15H10ClNO/c2*16-14-10-17-15(13-9-5-4-8-12(13)14)18-11-6-2-1-3-7-11/h2*1-10H. The molecule has 4 aromatic carbocycles. The minimum absolute atomic E-state index is 0.571. The van der Waals surface area contributed by atoms with Gasteiger partial charge in [-0.3, -0.25) is 0 Å². The van der Waals surface area contributed by atoms with Crippen LogP contribution in [0.2, 0.25) is 10.0 Å². The Kier molecular flexibility index (Phi) is 7.27. The van der Waals surface area contributed by atoms with E-state index in [0.717, 1.165) is 33.0 Å². The lowest BCUT2D eigenvalue weighted by Gasteiger charge is -2.08. The second-order valence-electron chi connectivity index (χ2n) is 7.74. The van der Waals surface area contributed by atoms with Crippen LogP contribution < -0.4 is 9.47 Å². The molecular formula is C30H20Cl2N2O2. The van der Waals surface area contributed by atoms with Gasteiger partial charge in [-0.15, -0.1) is 0 Å². The maximum absolute atomic E-state index is 6.11. The van der Waals surface area contributed by atoms with Gasteiger partial charge in [0.2, 0.25) is 11.8 Å². The van der Waals surface area contributed by atoms with E-state index in [2.05, 4.69) is 9.97 Å². The first kappa shape index (κ1) is 23.6. The Morgan fingerprint density at radius 1 is 0.417 bits per heavy atom. The summed E-state index contributed by atoms with van der Waals surface area (Å²) < 4.78 is 11.6. The number of hydrogen-bond donors (Lipinski definition) is 0. The molecule has 0 aliphatic heterocycles. The van der Waals surface area contributed by atoms with E-state index in [0.29, 0.717) is 21.8 Å². The molecule has 2 heterocycles. The van der Waals surface area contributed by atoms with Gasteiger partial charge in [0.25, 0.3) is 0 Å². The van der Waals surface area contributed by atoms with Crippen LogP contribution in [0.3, 0.4) is 0 Å². The molecule has 0 bridgehead atoms. The molecule has 0 aliphatic carbocycles. The molecular weight excluding hydrogens is 491 g/mol. The summed E-state index contributed by atoms with van der Waals surface area (Å²) >= 11 is 12.2. The Morgan fingerprint density at radius 3 is 1.14 bits per heavy atom. The summed E-state index contributed by atoms with van der Waals surface area (Å²) in [4.78, 5) is 8.50. The fourth-order valence-corrected chi connectivity index (χ4v) is 4.05. The van der Waals surface area contributed by atoms with Crippen LogP contribution in [-0.2, 0) is 0 Å². The Hall–Kier alpha value is -4.12. The molecule has 0 fully saturated rings. The molecule has 0 saturated carbocycles. The first-order valence-electron chi connectivity index (χ1n) is 11.2. The molecule has 36 heavy (non-hydrogen) atoms. The van der Waals surface area contributed by atoms with Crippen molar-refractivity contribution in [1.82, 2.24) is 9.97 Å². The normalized spacial score (nSPS) is 10.5. The van der Waals surface area contributed by atoms with Crippen LogP contribution in [0.1, 0.15) is 0 Å². The van der Waals surface area contributed by atoms with Crippen molar-refractivity contribution in [2.75, 3.05) is 0 Å². The molecule has 0 amide bonds. The number of pyridine rings is 2. The molecule has 6 rings (SSSR count). The maximum Gasteiger partial charge on any atom is 0.227 e. The average molecular weight is 511 g/mol. The molecule has 6 heteroatoms. The number of benzene rings is 4. The highest BCUT2D eigenvalue weighted by atomic mass is 35.5. The number of aromatic nitrogens is 2.